The van der Waals surface area contributed by atoms with E-state index in [1.807, 2.05) is 6.92 Å². The van der Waals surface area contributed by atoms with Crippen molar-refractivity contribution >= 4 is 33.9 Å². The summed E-state index contributed by atoms with van der Waals surface area (Å²) >= 11 is 4.03. The van der Waals surface area contributed by atoms with Gasteiger partial charge in [0.1, 0.15) is 0 Å². The Kier molecular flexibility index (Phi) is 4.53. The molecule has 0 aliphatic heterocycles. The van der Waals surface area contributed by atoms with Crippen molar-refractivity contribution in [2.45, 2.75) is 26.4 Å². The number of thiazole rings is 1. The third-order valence-corrected chi connectivity index (χ3v) is 4.17. The number of hydrogen-bond donors (Lipinski definition) is 1. The lowest BCUT2D eigenvalue weighted by atomic mass is 10.1. The summed E-state index contributed by atoms with van der Waals surface area (Å²) < 4.78 is 1.27. The second-order valence-corrected chi connectivity index (χ2v) is 6.32. The van der Waals surface area contributed by atoms with Crippen molar-refractivity contribution in [2.24, 2.45) is 0 Å². The van der Waals surface area contributed by atoms with Crippen molar-refractivity contribution < 1.29 is 0 Å². The average Bonchev–Trinajstić information content (AvgIpc) is 2.73. The van der Waals surface area contributed by atoms with Crippen LogP contribution in [0.25, 0.3) is 0 Å². The Balaban J connectivity index is 1.93. The van der Waals surface area contributed by atoms with Crippen molar-refractivity contribution in [1.29, 1.82) is 0 Å². The lowest BCUT2D eigenvalue weighted by Crippen LogP contribution is -2.18. The smallest absolute Gasteiger partial charge is 0.0897 e. The summed E-state index contributed by atoms with van der Waals surface area (Å²) in [6.45, 7) is 5.05. The summed E-state index contributed by atoms with van der Waals surface area (Å²) in [4.78, 5) is 4.45. The molecule has 1 aromatic carbocycles. The predicted molar refractivity (Wildman–Crippen MR) is 81.3 cm³/mol. The van der Waals surface area contributed by atoms with Crippen LogP contribution in [-0.2, 0) is 6.54 Å². The number of halogens is 1. The minimum absolute atomic E-state index is 0.356. The fourth-order valence-corrected chi connectivity index (χ4v) is 2.59. The zero-order valence-corrected chi connectivity index (χ0v) is 12.9. The minimum atomic E-state index is 0.356. The summed E-state index contributed by atoms with van der Waals surface area (Å²) in [5.41, 5.74) is 2.45. The van der Waals surface area contributed by atoms with Gasteiger partial charge in [-0.05, 0) is 54.1 Å². The summed E-state index contributed by atoms with van der Waals surface area (Å²) in [5.74, 6) is 0. The molecule has 1 N–H and O–H groups in total. The van der Waals surface area contributed by atoms with Gasteiger partial charge in [-0.2, -0.15) is 0 Å². The molecule has 1 heterocycles. The van der Waals surface area contributed by atoms with E-state index in [2.05, 4.69) is 69.5 Å². The van der Waals surface area contributed by atoms with E-state index in [9.17, 15) is 0 Å². The second-order valence-electron chi connectivity index (χ2n) is 4.01. The van der Waals surface area contributed by atoms with Gasteiger partial charge in [-0.15, -0.1) is 11.3 Å². The highest BCUT2D eigenvalue weighted by Gasteiger charge is 2.05. The number of benzene rings is 1. The first-order valence-electron chi connectivity index (χ1n) is 5.55. The van der Waals surface area contributed by atoms with Gasteiger partial charge in [-0.3, -0.25) is 0 Å². The van der Waals surface area contributed by atoms with Crippen LogP contribution in [0.4, 0.5) is 0 Å². The van der Waals surface area contributed by atoms with E-state index in [4.69, 9.17) is 0 Å². The van der Waals surface area contributed by atoms with Crippen LogP contribution in [0.3, 0.4) is 0 Å². The van der Waals surface area contributed by atoms with Gasteiger partial charge >= 0.3 is 0 Å². The molecule has 0 fully saturated rings. The van der Waals surface area contributed by atoms with Crippen molar-refractivity contribution in [2.75, 3.05) is 0 Å². The monoisotopic (exact) mass is 358 g/mol. The van der Waals surface area contributed by atoms with Gasteiger partial charge in [0.15, 0.2) is 0 Å². The van der Waals surface area contributed by atoms with Gasteiger partial charge in [0.05, 0.1) is 10.7 Å². The molecule has 0 bridgehead atoms. The minimum Gasteiger partial charge on any atom is -0.305 e. The molecule has 90 valence electrons. The van der Waals surface area contributed by atoms with Crippen LogP contribution < -0.4 is 5.32 Å². The van der Waals surface area contributed by atoms with E-state index in [1.54, 1.807) is 11.3 Å². The fourth-order valence-electron chi connectivity index (χ4n) is 1.62. The molecule has 0 saturated carbocycles. The molecule has 4 heteroatoms. The standard InChI is InChI=1S/C13H15IN2S/c1-9(11-3-5-12(14)6-4-11)15-7-13-8-17-10(2)16-13/h3-6,8-9,15H,7H2,1-2H3. The maximum Gasteiger partial charge on any atom is 0.0897 e. The van der Waals surface area contributed by atoms with Crippen LogP contribution in [0.15, 0.2) is 29.6 Å². The van der Waals surface area contributed by atoms with Crippen LogP contribution in [0.2, 0.25) is 0 Å². The molecule has 17 heavy (non-hydrogen) atoms. The van der Waals surface area contributed by atoms with Crippen molar-refractivity contribution in [3.63, 3.8) is 0 Å². The molecule has 1 unspecified atom stereocenters. The molecule has 0 aliphatic rings. The summed E-state index contributed by atoms with van der Waals surface area (Å²) in [5, 5.41) is 6.73. The Hall–Kier alpha value is -0.460. The summed E-state index contributed by atoms with van der Waals surface area (Å²) in [7, 11) is 0. The van der Waals surface area contributed by atoms with Crippen LogP contribution in [0.5, 0.6) is 0 Å². The van der Waals surface area contributed by atoms with Gasteiger partial charge < -0.3 is 5.32 Å². The summed E-state index contributed by atoms with van der Waals surface area (Å²) in [6.07, 6.45) is 0. The second kappa shape index (κ2) is 5.93. The molecular weight excluding hydrogens is 343 g/mol. The molecule has 2 nitrogen and oxygen atoms in total. The molecular formula is C13H15IN2S. The molecule has 0 radical (unpaired) electrons. The molecule has 0 spiro atoms. The van der Waals surface area contributed by atoms with Crippen molar-refractivity contribution in [1.82, 2.24) is 10.3 Å². The molecule has 2 rings (SSSR count). The van der Waals surface area contributed by atoms with Crippen LogP contribution in [0.1, 0.15) is 29.2 Å². The summed E-state index contributed by atoms with van der Waals surface area (Å²) in [6, 6.07) is 8.98. The van der Waals surface area contributed by atoms with Crippen molar-refractivity contribution in [3.8, 4) is 0 Å². The number of hydrogen-bond acceptors (Lipinski definition) is 3. The lowest BCUT2D eigenvalue weighted by Gasteiger charge is -2.13. The Morgan fingerprint density at radius 1 is 1.35 bits per heavy atom. The zero-order chi connectivity index (χ0) is 12.3. The highest BCUT2D eigenvalue weighted by atomic mass is 127. The maximum absolute atomic E-state index is 4.45. The molecule has 1 aromatic heterocycles. The number of rotatable bonds is 4. The highest BCUT2D eigenvalue weighted by Crippen LogP contribution is 2.15. The van der Waals surface area contributed by atoms with Gasteiger partial charge in [-0.1, -0.05) is 12.1 Å². The predicted octanol–water partition coefficient (Wildman–Crippen LogP) is 3.91. The Labute approximate surface area is 120 Å². The van der Waals surface area contributed by atoms with E-state index < -0.39 is 0 Å². The lowest BCUT2D eigenvalue weighted by molar-refractivity contribution is 0.569. The normalized spacial score (nSPS) is 12.6. The van der Waals surface area contributed by atoms with E-state index in [1.165, 1.54) is 9.13 Å². The Morgan fingerprint density at radius 2 is 2.06 bits per heavy atom. The molecule has 0 aliphatic carbocycles. The molecule has 0 amide bonds. The number of aromatic nitrogens is 1. The first kappa shape index (κ1) is 13.0. The largest absolute Gasteiger partial charge is 0.305 e. The molecule has 2 aromatic rings. The highest BCUT2D eigenvalue weighted by molar-refractivity contribution is 14.1. The molecule has 1 atom stereocenters. The van der Waals surface area contributed by atoms with Gasteiger partial charge in [0, 0.05) is 21.5 Å². The maximum atomic E-state index is 4.45. The van der Waals surface area contributed by atoms with E-state index >= 15 is 0 Å². The van der Waals surface area contributed by atoms with Gasteiger partial charge in [0.2, 0.25) is 0 Å². The van der Waals surface area contributed by atoms with Gasteiger partial charge in [0.25, 0.3) is 0 Å². The third kappa shape index (κ3) is 3.76. The SMILES string of the molecule is Cc1nc(CNC(C)c2ccc(I)cc2)cs1. The zero-order valence-electron chi connectivity index (χ0n) is 9.90. The average molecular weight is 358 g/mol. The third-order valence-electron chi connectivity index (χ3n) is 2.63. The number of nitrogens with zero attached hydrogens (tertiary/aromatic N) is 1. The number of aryl methyl sites for hydroxylation is 1. The Morgan fingerprint density at radius 3 is 2.65 bits per heavy atom. The van der Waals surface area contributed by atoms with Gasteiger partial charge in [-0.25, -0.2) is 4.98 Å². The molecule has 0 saturated heterocycles. The van der Waals surface area contributed by atoms with E-state index in [-0.39, 0.29) is 0 Å². The van der Waals surface area contributed by atoms with Crippen LogP contribution in [-0.4, -0.2) is 4.98 Å². The fraction of sp³-hybridized carbons (Fsp3) is 0.308. The van der Waals surface area contributed by atoms with Crippen molar-refractivity contribution in [3.05, 3.63) is 49.5 Å². The van der Waals surface area contributed by atoms with Crippen LogP contribution in [0, 0.1) is 10.5 Å². The van der Waals surface area contributed by atoms with E-state index in [0.29, 0.717) is 6.04 Å². The topological polar surface area (TPSA) is 24.9 Å². The van der Waals surface area contributed by atoms with E-state index in [0.717, 1.165) is 17.2 Å². The Bertz CT molecular complexity index is 478. The first-order valence-corrected chi connectivity index (χ1v) is 7.51. The number of nitrogens with one attached hydrogen (secondary N) is 1. The quantitative estimate of drug-likeness (QED) is 0.839. The first-order chi connectivity index (χ1) is 8.15. The van der Waals surface area contributed by atoms with Crippen LogP contribution >= 0.6 is 33.9 Å².